The van der Waals surface area contributed by atoms with E-state index in [2.05, 4.69) is 36.4 Å². The molecule has 0 aromatic carbocycles. The summed E-state index contributed by atoms with van der Waals surface area (Å²) in [6.45, 7) is 7.40. The lowest BCUT2D eigenvalue weighted by atomic mass is 9.64. The van der Waals surface area contributed by atoms with Gasteiger partial charge in [0.05, 0.1) is 17.6 Å². The lowest BCUT2D eigenvalue weighted by Gasteiger charge is -2.52. The molecule has 2 N–H and O–H groups in total. The Kier molecular flexibility index (Phi) is 8.25. The number of unbranched alkanes of at least 4 members (excludes halogenated alkanes) is 1. The van der Waals surface area contributed by atoms with Gasteiger partial charge >= 0.3 is 0 Å². The summed E-state index contributed by atoms with van der Waals surface area (Å²) in [4.78, 5) is 4.25. The van der Waals surface area contributed by atoms with Crippen LogP contribution in [-0.2, 0) is 14.6 Å². The minimum absolute atomic E-state index is 0. The van der Waals surface area contributed by atoms with Crippen LogP contribution in [0.4, 0.5) is 0 Å². The standard InChI is InChI=1S/C16H31N3O3S.HI/c1-5-6-8-22-14-10-13(16(14,2)3)19-15(17-4)18-12-7-9-23(20,21)11-12;/h12-14H,5-11H2,1-4H3,(H2,17,18,19);1H. The van der Waals surface area contributed by atoms with E-state index in [-0.39, 0.29) is 53.0 Å². The summed E-state index contributed by atoms with van der Waals surface area (Å²) in [6.07, 6.45) is 4.14. The molecule has 1 aliphatic carbocycles. The first-order chi connectivity index (χ1) is 10.8. The van der Waals surface area contributed by atoms with Gasteiger partial charge < -0.3 is 15.4 Å². The number of guanidine groups is 1. The van der Waals surface area contributed by atoms with E-state index < -0.39 is 9.84 Å². The van der Waals surface area contributed by atoms with Crippen molar-refractivity contribution in [3.8, 4) is 0 Å². The molecule has 2 aliphatic rings. The van der Waals surface area contributed by atoms with Crippen LogP contribution in [0, 0.1) is 5.41 Å². The van der Waals surface area contributed by atoms with Gasteiger partial charge in [-0.2, -0.15) is 0 Å². The third-order valence-electron chi connectivity index (χ3n) is 5.10. The zero-order valence-corrected chi connectivity index (χ0v) is 18.3. The van der Waals surface area contributed by atoms with E-state index in [1.807, 2.05) is 0 Å². The van der Waals surface area contributed by atoms with Crippen molar-refractivity contribution in [3.63, 3.8) is 0 Å². The lowest BCUT2D eigenvalue weighted by molar-refractivity contribution is -0.113. The summed E-state index contributed by atoms with van der Waals surface area (Å²) in [5.74, 6) is 1.16. The minimum atomic E-state index is -2.88. The Morgan fingerprint density at radius 1 is 1.33 bits per heavy atom. The van der Waals surface area contributed by atoms with Gasteiger partial charge in [-0.05, 0) is 19.3 Å². The van der Waals surface area contributed by atoms with Gasteiger partial charge in [0, 0.05) is 31.2 Å². The Balaban J connectivity index is 0.00000288. The highest BCUT2D eigenvalue weighted by Gasteiger charge is 2.49. The molecular weight excluding hydrogens is 441 g/mol. The molecule has 0 spiro atoms. The molecule has 3 unspecified atom stereocenters. The first-order valence-electron chi connectivity index (χ1n) is 8.60. The van der Waals surface area contributed by atoms with Crippen LogP contribution in [-0.4, -0.2) is 57.7 Å². The van der Waals surface area contributed by atoms with E-state index in [0.717, 1.165) is 25.9 Å². The zero-order valence-electron chi connectivity index (χ0n) is 15.2. The molecule has 24 heavy (non-hydrogen) atoms. The minimum Gasteiger partial charge on any atom is -0.378 e. The maximum absolute atomic E-state index is 11.6. The van der Waals surface area contributed by atoms with Gasteiger partial charge in [0.1, 0.15) is 0 Å². The smallest absolute Gasteiger partial charge is 0.191 e. The van der Waals surface area contributed by atoms with Gasteiger partial charge in [0.2, 0.25) is 0 Å². The SMILES string of the molecule is CCCCOC1CC(NC(=NC)NC2CCS(=O)(=O)C2)C1(C)C.I. The largest absolute Gasteiger partial charge is 0.378 e. The van der Waals surface area contributed by atoms with E-state index >= 15 is 0 Å². The molecule has 0 aromatic heterocycles. The summed E-state index contributed by atoms with van der Waals surface area (Å²) in [6, 6.07) is 0.254. The number of aliphatic imine (C=N–C) groups is 1. The summed E-state index contributed by atoms with van der Waals surface area (Å²) in [5.41, 5.74) is 0.0487. The highest BCUT2D eigenvalue weighted by atomic mass is 127. The van der Waals surface area contributed by atoms with E-state index in [4.69, 9.17) is 4.74 Å². The van der Waals surface area contributed by atoms with E-state index in [1.54, 1.807) is 7.05 Å². The van der Waals surface area contributed by atoms with Crippen molar-refractivity contribution in [2.75, 3.05) is 25.2 Å². The molecule has 3 atom stereocenters. The van der Waals surface area contributed by atoms with Crippen molar-refractivity contribution in [1.82, 2.24) is 10.6 Å². The van der Waals surface area contributed by atoms with Gasteiger partial charge in [0.25, 0.3) is 0 Å². The molecule has 142 valence electrons. The second-order valence-electron chi connectivity index (χ2n) is 7.28. The molecule has 1 saturated heterocycles. The van der Waals surface area contributed by atoms with Crippen molar-refractivity contribution >= 4 is 39.8 Å². The van der Waals surface area contributed by atoms with Crippen LogP contribution in [0.1, 0.15) is 46.5 Å². The highest BCUT2D eigenvalue weighted by molar-refractivity contribution is 14.0. The first kappa shape index (κ1) is 22.0. The second kappa shape index (κ2) is 9.02. The third-order valence-corrected chi connectivity index (χ3v) is 6.87. The van der Waals surface area contributed by atoms with Crippen LogP contribution in [0.25, 0.3) is 0 Å². The fourth-order valence-corrected chi connectivity index (χ4v) is 4.89. The molecule has 1 heterocycles. The Morgan fingerprint density at radius 2 is 2.04 bits per heavy atom. The molecular formula is C16H32IN3O3S. The molecule has 0 aromatic rings. The summed E-state index contributed by atoms with van der Waals surface area (Å²) in [5, 5.41) is 6.68. The Bertz CT molecular complexity index is 537. The third kappa shape index (κ3) is 5.45. The van der Waals surface area contributed by atoms with Gasteiger partial charge in [-0.25, -0.2) is 8.42 Å². The summed E-state index contributed by atoms with van der Waals surface area (Å²) < 4.78 is 29.1. The van der Waals surface area contributed by atoms with Gasteiger partial charge in [-0.1, -0.05) is 27.2 Å². The summed E-state index contributed by atoms with van der Waals surface area (Å²) >= 11 is 0. The van der Waals surface area contributed by atoms with Gasteiger partial charge in [-0.3, -0.25) is 4.99 Å². The van der Waals surface area contributed by atoms with Crippen molar-refractivity contribution < 1.29 is 13.2 Å². The topological polar surface area (TPSA) is 79.8 Å². The second-order valence-corrected chi connectivity index (χ2v) is 9.51. The number of nitrogens with one attached hydrogen (secondary N) is 2. The number of ether oxygens (including phenoxy) is 1. The average molecular weight is 473 g/mol. The van der Waals surface area contributed by atoms with Crippen molar-refractivity contribution in [1.29, 1.82) is 0 Å². The zero-order chi connectivity index (χ0) is 17.1. The van der Waals surface area contributed by atoms with Crippen molar-refractivity contribution in [2.45, 2.75) is 64.6 Å². The number of halogens is 1. The fraction of sp³-hybridized carbons (Fsp3) is 0.938. The Labute approximate surface area is 163 Å². The number of rotatable bonds is 6. The first-order valence-corrected chi connectivity index (χ1v) is 10.4. The lowest BCUT2D eigenvalue weighted by Crippen LogP contribution is -2.64. The molecule has 0 bridgehead atoms. The van der Waals surface area contributed by atoms with Crippen LogP contribution in [0.15, 0.2) is 4.99 Å². The molecule has 8 heteroatoms. The molecule has 1 aliphatic heterocycles. The number of nitrogens with zero attached hydrogens (tertiary/aromatic N) is 1. The maximum atomic E-state index is 11.6. The van der Waals surface area contributed by atoms with Crippen LogP contribution >= 0.6 is 24.0 Å². The molecule has 6 nitrogen and oxygen atoms in total. The summed E-state index contributed by atoms with van der Waals surface area (Å²) in [7, 11) is -1.16. The predicted octanol–water partition coefficient (Wildman–Crippen LogP) is 1.94. The molecule has 0 radical (unpaired) electrons. The molecule has 2 rings (SSSR count). The van der Waals surface area contributed by atoms with Crippen LogP contribution < -0.4 is 10.6 Å². The quantitative estimate of drug-likeness (QED) is 0.267. The van der Waals surface area contributed by atoms with E-state index in [1.165, 1.54) is 0 Å². The maximum Gasteiger partial charge on any atom is 0.191 e. The Morgan fingerprint density at radius 3 is 2.54 bits per heavy atom. The number of hydrogen-bond acceptors (Lipinski definition) is 4. The van der Waals surface area contributed by atoms with E-state index in [0.29, 0.717) is 18.4 Å². The monoisotopic (exact) mass is 473 g/mol. The van der Waals surface area contributed by atoms with Crippen LogP contribution in [0.3, 0.4) is 0 Å². The number of sulfone groups is 1. The average Bonchev–Trinajstić information content (AvgIpc) is 2.83. The van der Waals surface area contributed by atoms with Gasteiger partial charge in [-0.15, -0.1) is 24.0 Å². The predicted molar refractivity (Wildman–Crippen MR) is 109 cm³/mol. The van der Waals surface area contributed by atoms with Gasteiger partial charge in [0.15, 0.2) is 15.8 Å². The molecule has 2 fully saturated rings. The van der Waals surface area contributed by atoms with Crippen molar-refractivity contribution in [2.24, 2.45) is 10.4 Å². The Hall–Kier alpha value is -0.0900. The van der Waals surface area contributed by atoms with E-state index in [9.17, 15) is 8.42 Å². The van der Waals surface area contributed by atoms with Crippen LogP contribution in [0.2, 0.25) is 0 Å². The van der Waals surface area contributed by atoms with Crippen molar-refractivity contribution in [3.05, 3.63) is 0 Å². The normalized spacial score (nSPS) is 31.0. The molecule has 1 saturated carbocycles. The fourth-order valence-electron chi connectivity index (χ4n) is 3.22. The highest BCUT2D eigenvalue weighted by Crippen LogP contribution is 2.42. The number of hydrogen-bond donors (Lipinski definition) is 2. The molecule has 0 amide bonds. The van der Waals surface area contributed by atoms with Crippen LogP contribution in [0.5, 0.6) is 0 Å².